The van der Waals surface area contributed by atoms with Crippen LogP contribution in [0.1, 0.15) is 5.56 Å². The highest BCUT2D eigenvalue weighted by molar-refractivity contribution is 5.63. The molecule has 2 rings (SSSR count). The Labute approximate surface area is 91.0 Å². The monoisotopic (exact) mass is 203 g/mol. The van der Waals surface area contributed by atoms with Crippen molar-refractivity contribution in [2.75, 3.05) is 0 Å². The van der Waals surface area contributed by atoms with Gasteiger partial charge in [0.05, 0.1) is 0 Å². The van der Waals surface area contributed by atoms with Crippen LogP contribution in [-0.4, -0.2) is 0 Å². The summed E-state index contributed by atoms with van der Waals surface area (Å²) >= 11 is 0. The molecule has 0 N–H and O–H groups in total. The molecule has 0 unspecified atom stereocenters. The van der Waals surface area contributed by atoms with E-state index in [2.05, 4.69) is 55.5 Å². The van der Waals surface area contributed by atoms with Crippen molar-refractivity contribution >= 4 is 0 Å². The van der Waals surface area contributed by atoms with E-state index < -0.39 is 0 Å². The van der Waals surface area contributed by atoms with E-state index in [0.717, 1.165) is 0 Å². The molecule has 0 saturated heterocycles. The van der Waals surface area contributed by atoms with E-state index in [-0.39, 0.29) is 12.4 Å². The maximum Gasteiger partial charge on any atom is -0.0184 e. The molecule has 2 aromatic rings. The van der Waals surface area contributed by atoms with Crippen molar-refractivity contribution in [2.24, 2.45) is 0 Å². The first-order chi connectivity index (χ1) is 6.36. The van der Waals surface area contributed by atoms with Gasteiger partial charge in [0.25, 0.3) is 0 Å². The number of benzene rings is 2. The van der Waals surface area contributed by atoms with Gasteiger partial charge in [0.2, 0.25) is 0 Å². The first-order valence-corrected chi connectivity index (χ1v) is 4.48. The molecule has 1 heteroatoms. The fourth-order valence-electron chi connectivity index (χ4n) is 1.38. The Balaban J connectivity index is 0.000000980. The Morgan fingerprint density at radius 3 is 1.71 bits per heavy atom. The van der Waals surface area contributed by atoms with E-state index in [0.29, 0.717) is 0 Å². The Hall–Kier alpha value is -1.27. The molecule has 0 saturated carbocycles. The third kappa shape index (κ3) is 2.36. The average molecular weight is 204 g/mol. The molecule has 0 aliphatic carbocycles. The van der Waals surface area contributed by atoms with Gasteiger partial charge in [0.1, 0.15) is 0 Å². The molecule has 0 radical (unpaired) electrons. The number of aryl methyl sites for hydroxylation is 1. The summed E-state index contributed by atoms with van der Waals surface area (Å²) in [7, 11) is 0. The van der Waals surface area contributed by atoms with Crippen LogP contribution in [0.25, 0.3) is 11.1 Å². The minimum atomic E-state index is 0. The summed E-state index contributed by atoms with van der Waals surface area (Å²) < 4.78 is 0. The largest absolute Gasteiger partial charge is 1.00 e. The maximum atomic E-state index is 2.16. The molecule has 0 atom stereocenters. The molecule has 0 amide bonds. The van der Waals surface area contributed by atoms with Gasteiger partial charge in [-0.25, -0.2) is 0 Å². The predicted molar refractivity (Wildman–Crippen MR) is 56.6 cm³/mol. The Kier molecular flexibility index (Phi) is 3.73. The number of halogens is 1. The van der Waals surface area contributed by atoms with E-state index in [1.165, 1.54) is 16.7 Å². The van der Waals surface area contributed by atoms with Crippen molar-refractivity contribution in [2.45, 2.75) is 6.92 Å². The lowest BCUT2D eigenvalue weighted by Gasteiger charge is -2.00. The summed E-state index contributed by atoms with van der Waals surface area (Å²) in [5, 5.41) is 0. The summed E-state index contributed by atoms with van der Waals surface area (Å²) in [6, 6.07) is 19.0. The first-order valence-electron chi connectivity index (χ1n) is 4.48. The molecule has 72 valence electrons. The number of hydrogen-bond donors (Lipinski definition) is 0. The van der Waals surface area contributed by atoms with Crippen LogP contribution < -0.4 is 12.4 Å². The molecule has 0 heterocycles. The van der Waals surface area contributed by atoms with Crippen molar-refractivity contribution in [1.82, 2.24) is 0 Å². The number of hydrogen-bond acceptors (Lipinski definition) is 0. The molecule has 0 aliphatic rings. The Bertz CT molecular complexity index is 376. The minimum Gasteiger partial charge on any atom is -1.00 e. The average Bonchev–Trinajstić information content (AvgIpc) is 2.20. The Morgan fingerprint density at radius 2 is 1.14 bits per heavy atom. The zero-order valence-electron chi connectivity index (χ0n) is 8.07. The predicted octanol–water partition coefficient (Wildman–Crippen LogP) is 0.666. The van der Waals surface area contributed by atoms with Crippen molar-refractivity contribution in [3.8, 4) is 11.1 Å². The van der Waals surface area contributed by atoms with Gasteiger partial charge in [-0.2, -0.15) is 0 Å². The lowest BCUT2D eigenvalue weighted by Crippen LogP contribution is -3.00. The molecule has 0 aliphatic heterocycles. The topological polar surface area (TPSA) is 0 Å². The minimum absolute atomic E-state index is 0. The fraction of sp³-hybridized carbons (Fsp3) is 0.0769. The zero-order chi connectivity index (χ0) is 9.10. The standard InChI is InChI=1S/C13H12.ClH/c1-11-7-9-13(10-8-11)12-5-3-2-4-6-12;/h2-10H,1H3;1H/p-1. The molecule has 0 aromatic heterocycles. The van der Waals surface area contributed by atoms with Crippen LogP contribution in [0, 0.1) is 6.92 Å². The first kappa shape index (κ1) is 10.8. The van der Waals surface area contributed by atoms with Crippen molar-refractivity contribution in [3.63, 3.8) is 0 Å². The zero-order valence-corrected chi connectivity index (χ0v) is 8.83. The Morgan fingerprint density at radius 1 is 0.643 bits per heavy atom. The van der Waals surface area contributed by atoms with Gasteiger partial charge < -0.3 is 12.4 Å². The van der Waals surface area contributed by atoms with Gasteiger partial charge in [0, 0.05) is 0 Å². The summed E-state index contributed by atoms with van der Waals surface area (Å²) in [6.07, 6.45) is 0. The lowest BCUT2D eigenvalue weighted by molar-refractivity contribution is -0.00000262. The van der Waals surface area contributed by atoms with Crippen LogP contribution in [0.3, 0.4) is 0 Å². The second-order valence-electron chi connectivity index (χ2n) is 3.23. The SMILES string of the molecule is Cc1ccc(-c2ccccc2)cc1.[Cl-]. The summed E-state index contributed by atoms with van der Waals surface area (Å²) in [6.45, 7) is 2.11. The van der Waals surface area contributed by atoms with Gasteiger partial charge >= 0.3 is 0 Å². The fourth-order valence-corrected chi connectivity index (χ4v) is 1.38. The van der Waals surface area contributed by atoms with Gasteiger partial charge in [-0.05, 0) is 18.1 Å². The van der Waals surface area contributed by atoms with Crippen LogP contribution in [0.5, 0.6) is 0 Å². The molecule has 0 spiro atoms. The van der Waals surface area contributed by atoms with Gasteiger partial charge in [-0.15, -0.1) is 0 Å². The highest BCUT2D eigenvalue weighted by Gasteiger charge is 1.93. The van der Waals surface area contributed by atoms with Gasteiger partial charge in [0.15, 0.2) is 0 Å². The van der Waals surface area contributed by atoms with Crippen LogP contribution >= 0.6 is 0 Å². The normalized spacial score (nSPS) is 9.21. The molecular weight excluding hydrogens is 192 g/mol. The molecular formula is C13H12Cl-. The summed E-state index contributed by atoms with van der Waals surface area (Å²) in [5.41, 5.74) is 3.87. The smallest absolute Gasteiger partial charge is 0.0184 e. The maximum absolute atomic E-state index is 2.16. The molecule has 14 heavy (non-hydrogen) atoms. The summed E-state index contributed by atoms with van der Waals surface area (Å²) in [5.74, 6) is 0. The van der Waals surface area contributed by atoms with E-state index >= 15 is 0 Å². The van der Waals surface area contributed by atoms with Crippen molar-refractivity contribution in [1.29, 1.82) is 0 Å². The number of rotatable bonds is 1. The van der Waals surface area contributed by atoms with Gasteiger partial charge in [-0.1, -0.05) is 60.2 Å². The van der Waals surface area contributed by atoms with Gasteiger partial charge in [-0.3, -0.25) is 0 Å². The lowest BCUT2D eigenvalue weighted by atomic mass is 10.0. The third-order valence-corrected chi connectivity index (χ3v) is 2.16. The second kappa shape index (κ2) is 4.83. The highest BCUT2D eigenvalue weighted by atomic mass is 35.5. The van der Waals surface area contributed by atoms with E-state index in [9.17, 15) is 0 Å². The summed E-state index contributed by atoms with van der Waals surface area (Å²) in [4.78, 5) is 0. The van der Waals surface area contributed by atoms with Crippen LogP contribution in [-0.2, 0) is 0 Å². The van der Waals surface area contributed by atoms with E-state index in [1.807, 2.05) is 6.07 Å². The van der Waals surface area contributed by atoms with Crippen LogP contribution in [0.15, 0.2) is 54.6 Å². The third-order valence-electron chi connectivity index (χ3n) is 2.16. The van der Waals surface area contributed by atoms with Crippen LogP contribution in [0.4, 0.5) is 0 Å². The quantitative estimate of drug-likeness (QED) is 0.639. The molecule has 2 aromatic carbocycles. The molecule has 0 bridgehead atoms. The van der Waals surface area contributed by atoms with E-state index in [4.69, 9.17) is 0 Å². The van der Waals surface area contributed by atoms with E-state index in [1.54, 1.807) is 0 Å². The van der Waals surface area contributed by atoms with Crippen LogP contribution in [0.2, 0.25) is 0 Å². The highest BCUT2D eigenvalue weighted by Crippen LogP contribution is 2.18. The van der Waals surface area contributed by atoms with Crippen molar-refractivity contribution in [3.05, 3.63) is 60.2 Å². The second-order valence-corrected chi connectivity index (χ2v) is 3.23. The molecule has 0 fully saturated rings. The molecule has 0 nitrogen and oxygen atoms in total. The van der Waals surface area contributed by atoms with Crippen molar-refractivity contribution < 1.29 is 12.4 Å².